The van der Waals surface area contributed by atoms with Gasteiger partial charge >= 0.3 is 5.97 Å². The lowest BCUT2D eigenvalue weighted by atomic mass is 10.2. The monoisotopic (exact) mass is 261 g/mol. The molecule has 0 aliphatic heterocycles. The van der Waals surface area contributed by atoms with E-state index in [4.69, 9.17) is 9.84 Å². The predicted octanol–water partition coefficient (Wildman–Crippen LogP) is 1.47. The fraction of sp³-hybridized carbons (Fsp3) is 0.143. The molecule has 19 heavy (non-hydrogen) atoms. The predicted molar refractivity (Wildman–Crippen MR) is 71.8 cm³/mol. The third kappa shape index (κ3) is 6.07. The van der Waals surface area contributed by atoms with Gasteiger partial charge in [0.25, 0.3) is 5.91 Å². The number of nitrogens with one attached hydrogen (secondary N) is 1. The number of hydrogen-bond acceptors (Lipinski definition) is 3. The van der Waals surface area contributed by atoms with Crippen LogP contribution in [0.2, 0.25) is 0 Å². The minimum absolute atomic E-state index is 0.0973. The van der Waals surface area contributed by atoms with Crippen molar-refractivity contribution in [2.45, 2.75) is 0 Å². The largest absolute Gasteiger partial charge is 0.484 e. The summed E-state index contributed by atoms with van der Waals surface area (Å²) in [6, 6.07) is 6.81. The summed E-state index contributed by atoms with van der Waals surface area (Å²) in [6.45, 7) is 3.78. The Labute approximate surface area is 111 Å². The van der Waals surface area contributed by atoms with Crippen LogP contribution < -0.4 is 10.1 Å². The van der Waals surface area contributed by atoms with Gasteiger partial charge in [-0.3, -0.25) is 4.79 Å². The molecule has 0 saturated heterocycles. The van der Waals surface area contributed by atoms with Gasteiger partial charge in [-0.1, -0.05) is 18.2 Å². The molecule has 100 valence electrons. The molecular formula is C14H15NO4. The van der Waals surface area contributed by atoms with Gasteiger partial charge in [0.2, 0.25) is 0 Å². The molecule has 5 heteroatoms. The number of amides is 1. The van der Waals surface area contributed by atoms with Crippen LogP contribution in [0.3, 0.4) is 0 Å². The second-order valence-electron chi connectivity index (χ2n) is 3.63. The Hall–Kier alpha value is -2.56. The van der Waals surface area contributed by atoms with E-state index in [1.807, 2.05) is 0 Å². The average Bonchev–Trinajstić information content (AvgIpc) is 2.41. The van der Waals surface area contributed by atoms with Crippen LogP contribution in [-0.4, -0.2) is 30.1 Å². The van der Waals surface area contributed by atoms with Gasteiger partial charge in [-0.05, 0) is 23.8 Å². The summed E-state index contributed by atoms with van der Waals surface area (Å²) in [5.41, 5.74) is 0.686. The maximum Gasteiger partial charge on any atom is 0.328 e. The summed E-state index contributed by atoms with van der Waals surface area (Å²) in [5, 5.41) is 11.1. The Bertz CT molecular complexity index is 494. The van der Waals surface area contributed by atoms with Crippen LogP contribution in [0.15, 0.2) is 43.0 Å². The molecule has 0 spiro atoms. The lowest BCUT2D eigenvalue weighted by molar-refractivity contribution is -0.131. The molecule has 0 atom stereocenters. The summed E-state index contributed by atoms with van der Waals surface area (Å²) in [6.07, 6.45) is 4.07. The van der Waals surface area contributed by atoms with E-state index >= 15 is 0 Å². The Kier molecular flexibility index (Phi) is 5.88. The van der Waals surface area contributed by atoms with Crippen LogP contribution in [0.1, 0.15) is 5.56 Å². The zero-order valence-electron chi connectivity index (χ0n) is 10.3. The van der Waals surface area contributed by atoms with E-state index in [-0.39, 0.29) is 12.5 Å². The molecule has 0 fully saturated rings. The highest BCUT2D eigenvalue weighted by Gasteiger charge is 2.01. The van der Waals surface area contributed by atoms with E-state index in [9.17, 15) is 9.59 Å². The second kappa shape index (κ2) is 7.71. The minimum atomic E-state index is -1.02. The van der Waals surface area contributed by atoms with Gasteiger partial charge in [0.1, 0.15) is 5.75 Å². The van der Waals surface area contributed by atoms with Gasteiger partial charge in [-0.2, -0.15) is 0 Å². The quantitative estimate of drug-likeness (QED) is 0.575. The van der Waals surface area contributed by atoms with Crippen LogP contribution in [0.4, 0.5) is 0 Å². The highest BCUT2D eigenvalue weighted by atomic mass is 16.5. The van der Waals surface area contributed by atoms with Crippen LogP contribution >= 0.6 is 0 Å². The maximum absolute atomic E-state index is 11.3. The number of benzene rings is 1. The molecule has 0 aromatic heterocycles. The van der Waals surface area contributed by atoms with Crippen LogP contribution in [0, 0.1) is 0 Å². The molecule has 0 aliphatic rings. The Morgan fingerprint density at radius 3 is 2.89 bits per heavy atom. The first kappa shape index (κ1) is 14.5. The molecular weight excluding hydrogens is 246 g/mol. The zero-order chi connectivity index (χ0) is 14.1. The molecule has 1 aromatic carbocycles. The molecule has 1 amide bonds. The summed E-state index contributed by atoms with van der Waals surface area (Å²) >= 11 is 0. The van der Waals surface area contributed by atoms with E-state index in [0.29, 0.717) is 17.9 Å². The van der Waals surface area contributed by atoms with Gasteiger partial charge < -0.3 is 15.2 Å². The lowest BCUT2D eigenvalue weighted by Crippen LogP contribution is -2.28. The number of carboxylic acids is 1. The first-order valence-electron chi connectivity index (χ1n) is 5.63. The van der Waals surface area contributed by atoms with Crippen molar-refractivity contribution in [3.05, 3.63) is 48.6 Å². The van der Waals surface area contributed by atoms with Crippen LogP contribution in [0.5, 0.6) is 5.75 Å². The topological polar surface area (TPSA) is 75.6 Å². The molecule has 0 bridgehead atoms. The van der Waals surface area contributed by atoms with Crippen LogP contribution in [0.25, 0.3) is 6.08 Å². The van der Waals surface area contributed by atoms with Crippen LogP contribution in [-0.2, 0) is 9.59 Å². The molecule has 5 nitrogen and oxygen atoms in total. The van der Waals surface area contributed by atoms with Crippen molar-refractivity contribution in [3.8, 4) is 5.75 Å². The molecule has 1 rings (SSSR count). The van der Waals surface area contributed by atoms with E-state index in [1.54, 1.807) is 30.3 Å². The first-order chi connectivity index (χ1) is 9.11. The van der Waals surface area contributed by atoms with Crippen molar-refractivity contribution in [3.63, 3.8) is 0 Å². The van der Waals surface area contributed by atoms with Gasteiger partial charge in [-0.15, -0.1) is 6.58 Å². The average molecular weight is 261 g/mol. The van der Waals surface area contributed by atoms with E-state index < -0.39 is 5.97 Å². The van der Waals surface area contributed by atoms with E-state index in [2.05, 4.69) is 11.9 Å². The lowest BCUT2D eigenvalue weighted by Gasteiger charge is -2.06. The molecule has 1 aromatic rings. The summed E-state index contributed by atoms with van der Waals surface area (Å²) in [4.78, 5) is 21.7. The van der Waals surface area contributed by atoms with Crippen molar-refractivity contribution >= 4 is 18.0 Å². The highest BCUT2D eigenvalue weighted by Crippen LogP contribution is 2.14. The standard InChI is InChI=1S/C14H15NO4/c1-2-8-15-13(16)10-19-12-5-3-4-11(9-12)6-7-14(17)18/h2-7,9H,1,8,10H2,(H,15,16)(H,17,18)/b7-6+. The summed E-state index contributed by atoms with van der Waals surface area (Å²) in [5.74, 6) is -0.761. The Balaban J connectivity index is 2.55. The number of ether oxygens (including phenoxy) is 1. The molecule has 0 aliphatic carbocycles. The number of aliphatic carboxylic acids is 1. The van der Waals surface area contributed by atoms with Gasteiger partial charge in [0, 0.05) is 12.6 Å². The number of hydrogen-bond donors (Lipinski definition) is 2. The minimum Gasteiger partial charge on any atom is -0.484 e. The maximum atomic E-state index is 11.3. The molecule has 0 saturated carbocycles. The molecule has 0 unspecified atom stereocenters. The fourth-order valence-corrected chi connectivity index (χ4v) is 1.26. The number of carbonyl (C=O) groups excluding carboxylic acids is 1. The number of carboxylic acid groups (broad SMARTS) is 1. The van der Waals surface area contributed by atoms with Crippen molar-refractivity contribution in [1.82, 2.24) is 5.32 Å². The van der Waals surface area contributed by atoms with E-state index in [0.717, 1.165) is 6.08 Å². The number of rotatable bonds is 7. The van der Waals surface area contributed by atoms with Crippen molar-refractivity contribution in [1.29, 1.82) is 0 Å². The van der Waals surface area contributed by atoms with E-state index in [1.165, 1.54) is 6.08 Å². The SMILES string of the molecule is C=CCNC(=O)COc1cccc(/C=C/C(=O)O)c1. The second-order valence-corrected chi connectivity index (χ2v) is 3.63. The summed E-state index contributed by atoms with van der Waals surface area (Å²) < 4.78 is 5.28. The first-order valence-corrected chi connectivity index (χ1v) is 5.63. The zero-order valence-corrected chi connectivity index (χ0v) is 10.3. The van der Waals surface area contributed by atoms with Gasteiger partial charge in [0.05, 0.1) is 0 Å². The fourth-order valence-electron chi connectivity index (χ4n) is 1.26. The third-order valence-electron chi connectivity index (χ3n) is 2.09. The normalized spacial score (nSPS) is 10.1. The van der Waals surface area contributed by atoms with Crippen molar-refractivity contribution in [2.24, 2.45) is 0 Å². The molecule has 2 N–H and O–H groups in total. The van der Waals surface area contributed by atoms with Crippen molar-refractivity contribution in [2.75, 3.05) is 13.2 Å². The third-order valence-corrected chi connectivity index (χ3v) is 2.09. The number of carbonyl (C=O) groups is 2. The Morgan fingerprint density at radius 2 is 2.21 bits per heavy atom. The highest BCUT2D eigenvalue weighted by molar-refractivity contribution is 5.85. The smallest absolute Gasteiger partial charge is 0.328 e. The van der Waals surface area contributed by atoms with Gasteiger partial charge in [-0.25, -0.2) is 4.79 Å². The molecule has 0 radical (unpaired) electrons. The Morgan fingerprint density at radius 1 is 1.42 bits per heavy atom. The summed E-state index contributed by atoms with van der Waals surface area (Å²) in [7, 11) is 0. The molecule has 0 heterocycles. The van der Waals surface area contributed by atoms with Gasteiger partial charge in [0.15, 0.2) is 6.61 Å². The van der Waals surface area contributed by atoms with Crippen molar-refractivity contribution < 1.29 is 19.4 Å².